The Morgan fingerprint density at radius 1 is 0.925 bits per heavy atom. The van der Waals surface area contributed by atoms with Crippen molar-refractivity contribution in [2.45, 2.75) is 57.4 Å². The molecule has 0 spiro atoms. The molecule has 0 saturated carbocycles. The Morgan fingerprint density at radius 2 is 1.75 bits per heavy atom. The van der Waals surface area contributed by atoms with Crippen LogP contribution in [0.15, 0.2) is 42.5 Å². The van der Waals surface area contributed by atoms with Gasteiger partial charge in [0, 0.05) is 50.6 Å². The third kappa shape index (κ3) is 6.26. The number of likely N-dealkylation sites (tertiary alicyclic amines) is 1. The molecule has 3 aliphatic rings. The molecule has 2 aromatic rings. The highest BCUT2D eigenvalue weighted by Crippen LogP contribution is 2.37. The minimum Gasteiger partial charge on any atom is -0.493 e. The van der Waals surface area contributed by atoms with Gasteiger partial charge in [-0.3, -0.25) is 14.4 Å². The number of rotatable bonds is 3. The van der Waals surface area contributed by atoms with E-state index in [-0.39, 0.29) is 35.6 Å². The number of benzene rings is 2. The van der Waals surface area contributed by atoms with E-state index in [0.29, 0.717) is 62.5 Å². The highest BCUT2D eigenvalue weighted by Gasteiger charge is 2.43. The fourth-order valence-electron chi connectivity index (χ4n) is 6.83. The second kappa shape index (κ2) is 12.7. The molecule has 8 nitrogen and oxygen atoms in total. The number of amides is 3. The van der Waals surface area contributed by atoms with Gasteiger partial charge in [-0.25, -0.2) is 0 Å². The van der Waals surface area contributed by atoms with Crippen LogP contribution in [0.1, 0.15) is 60.0 Å². The molecule has 0 aliphatic carbocycles. The molecule has 1 N–H and O–H groups in total. The molecule has 3 heterocycles. The summed E-state index contributed by atoms with van der Waals surface area (Å²) in [6.07, 6.45) is 5.52. The van der Waals surface area contributed by atoms with E-state index in [4.69, 9.17) is 9.47 Å². The summed E-state index contributed by atoms with van der Waals surface area (Å²) in [6, 6.07) is 13.5. The molecule has 0 aromatic heterocycles. The summed E-state index contributed by atoms with van der Waals surface area (Å²) in [5.74, 6) is 2.10. The van der Waals surface area contributed by atoms with Gasteiger partial charge >= 0.3 is 0 Å². The van der Waals surface area contributed by atoms with Crippen LogP contribution < -0.4 is 14.8 Å². The first-order valence-electron chi connectivity index (χ1n) is 14.6. The monoisotopic (exact) mass is 547 g/mol. The minimum atomic E-state index is 0.0248. The quantitative estimate of drug-likeness (QED) is 0.631. The normalized spacial score (nSPS) is 24.1. The molecular weight excluding hydrogens is 506 g/mol. The molecule has 5 rings (SSSR count). The van der Waals surface area contributed by atoms with Gasteiger partial charge in [0.2, 0.25) is 11.8 Å². The summed E-state index contributed by atoms with van der Waals surface area (Å²) < 4.78 is 11.3. The number of carbonyl (C=O) groups is 3. The van der Waals surface area contributed by atoms with Crippen molar-refractivity contribution in [2.75, 3.05) is 40.4 Å². The van der Waals surface area contributed by atoms with Crippen LogP contribution in [0.4, 0.5) is 0 Å². The standard InChI is InChI=1S/C32H41N3O5/c1-39-28-18-22-13-14-30(37)35-20-23-17-26(21-34(19-23)32(38)24-8-4-3-5-9-24)27(35)11-6-12-29(36)33-15-7-10-25(16-22)31(28)40-2/h3-5,8-9,16,18,23,26-27H,6-7,10-15,17,19-21H2,1-2H3,(H,33,36)/t23-,26+,27-/m0/s1. The first-order valence-corrected chi connectivity index (χ1v) is 14.6. The lowest BCUT2D eigenvalue weighted by Crippen LogP contribution is -2.60. The number of nitrogens with one attached hydrogen (secondary N) is 1. The second-order valence-corrected chi connectivity index (χ2v) is 11.4. The van der Waals surface area contributed by atoms with Crippen LogP contribution in [0.25, 0.3) is 0 Å². The maximum atomic E-state index is 13.8. The van der Waals surface area contributed by atoms with E-state index >= 15 is 0 Å². The van der Waals surface area contributed by atoms with E-state index in [1.807, 2.05) is 41.3 Å². The lowest BCUT2D eigenvalue weighted by molar-refractivity contribution is -0.140. The third-order valence-electron chi connectivity index (χ3n) is 8.69. The summed E-state index contributed by atoms with van der Waals surface area (Å²) in [7, 11) is 3.27. The van der Waals surface area contributed by atoms with Gasteiger partial charge in [0.1, 0.15) is 0 Å². The van der Waals surface area contributed by atoms with Gasteiger partial charge in [-0.1, -0.05) is 24.3 Å². The average Bonchev–Trinajstić information content (AvgIpc) is 2.98. The molecule has 2 aromatic carbocycles. The minimum absolute atomic E-state index is 0.0248. The van der Waals surface area contributed by atoms with Crippen molar-refractivity contribution in [3.63, 3.8) is 0 Å². The van der Waals surface area contributed by atoms with Crippen molar-refractivity contribution in [3.8, 4) is 11.5 Å². The van der Waals surface area contributed by atoms with E-state index in [1.165, 1.54) is 0 Å². The zero-order valence-electron chi connectivity index (χ0n) is 23.7. The van der Waals surface area contributed by atoms with Crippen molar-refractivity contribution in [1.82, 2.24) is 15.1 Å². The van der Waals surface area contributed by atoms with E-state index in [2.05, 4.69) is 16.3 Å². The van der Waals surface area contributed by atoms with Gasteiger partial charge < -0.3 is 24.6 Å². The molecule has 2 saturated heterocycles. The van der Waals surface area contributed by atoms with Gasteiger partial charge in [-0.15, -0.1) is 0 Å². The Bertz CT molecular complexity index is 1220. The largest absolute Gasteiger partial charge is 0.493 e. The maximum Gasteiger partial charge on any atom is 0.253 e. The number of fused-ring (bicyclic) bond motifs is 6. The third-order valence-corrected chi connectivity index (χ3v) is 8.69. The zero-order valence-corrected chi connectivity index (χ0v) is 23.7. The lowest BCUT2D eigenvalue weighted by Gasteiger charge is -2.51. The summed E-state index contributed by atoms with van der Waals surface area (Å²) in [4.78, 5) is 43.7. The number of hydrogen-bond donors (Lipinski definition) is 1. The van der Waals surface area contributed by atoms with Crippen molar-refractivity contribution >= 4 is 17.7 Å². The van der Waals surface area contributed by atoms with E-state index in [1.54, 1.807) is 14.2 Å². The Balaban J connectivity index is 1.37. The molecule has 3 amide bonds. The zero-order chi connectivity index (χ0) is 28.1. The molecular formula is C32H41N3O5. The molecule has 4 bridgehead atoms. The Morgan fingerprint density at radius 3 is 2.52 bits per heavy atom. The van der Waals surface area contributed by atoms with Crippen LogP contribution in [0.5, 0.6) is 11.5 Å². The van der Waals surface area contributed by atoms with Crippen LogP contribution >= 0.6 is 0 Å². The Kier molecular flexibility index (Phi) is 8.92. The fourth-order valence-corrected chi connectivity index (χ4v) is 6.83. The fraction of sp³-hybridized carbons (Fsp3) is 0.531. The smallest absolute Gasteiger partial charge is 0.253 e. The number of carbonyl (C=O) groups excluding carboxylic acids is 3. The topological polar surface area (TPSA) is 88.2 Å². The van der Waals surface area contributed by atoms with E-state index < -0.39 is 0 Å². The number of nitrogens with zero attached hydrogens (tertiary/aromatic N) is 2. The first-order chi connectivity index (χ1) is 19.5. The summed E-state index contributed by atoms with van der Waals surface area (Å²) in [5.41, 5.74) is 2.78. The Labute approximate surface area is 237 Å². The Hall–Kier alpha value is -3.55. The number of hydrogen-bond acceptors (Lipinski definition) is 5. The maximum absolute atomic E-state index is 13.8. The predicted octanol–water partition coefficient (Wildman–Crippen LogP) is 3.86. The average molecular weight is 548 g/mol. The molecule has 0 unspecified atom stereocenters. The lowest BCUT2D eigenvalue weighted by atomic mass is 9.77. The summed E-state index contributed by atoms with van der Waals surface area (Å²) >= 11 is 0. The number of piperidine rings is 2. The second-order valence-electron chi connectivity index (χ2n) is 11.4. The van der Waals surface area contributed by atoms with Gasteiger partial charge in [0.15, 0.2) is 11.5 Å². The first kappa shape index (κ1) is 28.0. The van der Waals surface area contributed by atoms with Gasteiger partial charge in [0.25, 0.3) is 5.91 Å². The van der Waals surface area contributed by atoms with E-state index in [0.717, 1.165) is 43.2 Å². The SMILES string of the molecule is COc1cc2cc(c1OC)CCCNC(=O)CCC[C@H]1[C@@H]3C[C@@H](CN(C(=O)c4ccccc4)C3)CN1C(=O)CC2. The molecule has 8 heteroatoms. The van der Waals surface area contributed by atoms with Crippen molar-refractivity contribution in [3.05, 3.63) is 59.2 Å². The van der Waals surface area contributed by atoms with Gasteiger partial charge in [-0.05, 0) is 79.7 Å². The van der Waals surface area contributed by atoms with Crippen LogP contribution in [0.2, 0.25) is 0 Å². The highest BCUT2D eigenvalue weighted by molar-refractivity contribution is 5.94. The van der Waals surface area contributed by atoms with E-state index in [9.17, 15) is 14.4 Å². The summed E-state index contributed by atoms with van der Waals surface area (Å²) in [6.45, 7) is 2.57. The van der Waals surface area contributed by atoms with Crippen LogP contribution in [0.3, 0.4) is 0 Å². The molecule has 0 radical (unpaired) electrons. The molecule has 40 heavy (non-hydrogen) atoms. The van der Waals surface area contributed by atoms with Crippen molar-refractivity contribution < 1.29 is 23.9 Å². The molecule has 214 valence electrons. The van der Waals surface area contributed by atoms with Crippen LogP contribution in [-0.4, -0.2) is 74.0 Å². The molecule has 3 aliphatic heterocycles. The highest BCUT2D eigenvalue weighted by atomic mass is 16.5. The number of ether oxygens (including phenoxy) is 2. The summed E-state index contributed by atoms with van der Waals surface area (Å²) in [5, 5.41) is 3.06. The molecule has 2 fully saturated rings. The van der Waals surface area contributed by atoms with Gasteiger partial charge in [-0.2, -0.15) is 0 Å². The van der Waals surface area contributed by atoms with Crippen LogP contribution in [-0.2, 0) is 22.4 Å². The van der Waals surface area contributed by atoms with Gasteiger partial charge in [0.05, 0.1) is 14.2 Å². The molecule has 3 atom stereocenters. The number of methoxy groups -OCH3 is 2. The van der Waals surface area contributed by atoms with Crippen molar-refractivity contribution in [1.29, 1.82) is 0 Å². The number of aryl methyl sites for hydroxylation is 2. The predicted molar refractivity (Wildman–Crippen MR) is 152 cm³/mol. The van der Waals surface area contributed by atoms with Crippen LogP contribution in [0, 0.1) is 11.8 Å². The van der Waals surface area contributed by atoms with Crippen molar-refractivity contribution in [2.24, 2.45) is 11.8 Å².